The highest BCUT2D eigenvalue weighted by Crippen LogP contribution is 2.34. The monoisotopic (exact) mass is 758 g/mol. The molecule has 1 aliphatic heterocycles. The van der Waals surface area contributed by atoms with Crippen molar-refractivity contribution in [2.45, 2.75) is 129 Å². The SMILES string of the molecule is C=CCNC(=O)C(=O)C(CCC)NC(=O)C1C(C(C)C)CCN1C(=O)C(NC(=O)NC(CNCc1ccccc1S(=O)O)C(C)(C)C)C1CCCCC1. The fourth-order valence-corrected chi connectivity index (χ4v) is 8.00. The van der Waals surface area contributed by atoms with Gasteiger partial charge in [0.05, 0.1) is 10.9 Å². The maximum absolute atomic E-state index is 14.6. The van der Waals surface area contributed by atoms with E-state index in [1.165, 1.54) is 6.08 Å². The third kappa shape index (κ3) is 12.5. The fraction of sp³-hybridized carbons (Fsp3) is 0.667. The lowest BCUT2D eigenvalue weighted by Gasteiger charge is -2.37. The molecule has 5 amide bonds. The van der Waals surface area contributed by atoms with Crippen LogP contribution in [0.3, 0.4) is 0 Å². The minimum absolute atomic E-state index is 0.0496. The third-order valence-electron chi connectivity index (χ3n) is 10.5. The third-order valence-corrected chi connectivity index (χ3v) is 11.3. The standard InChI is InChI=1S/C39H62N6O7S/c1-8-15-29(34(46)36(48)41-21-9-2)42-35(47)33-28(25(3)4)20-22-45(33)37(49)32(26-16-11-10-12-17-26)44-38(50)43-31(39(5,6)7)24-40-23-27-18-13-14-19-30(27)53(51)52/h9,13-14,18-19,25-26,28-29,31-33,40H,2,8,10-12,15-17,20-24H2,1,3-7H3,(H,41,48)(H,42,47)(H,51,52)(H2,43,44,50). The Morgan fingerprint density at radius 1 is 1.02 bits per heavy atom. The molecular formula is C39H62N6O7S. The van der Waals surface area contributed by atoms with Crippen LogP contribution in [0.4, 0.5) is 4.79 Å². The lowest BCUT2D eigenvalue weighted by atomic mass is 9.82. The minimum atomic E-state index is -2.13. The van der Waals surface area contributed by atoms with Crippen molar-refractivity contribution in [1.29, 1.82) is 0 Å². The molecule has 6 unspecified atom stereocenters. The van der Waals surface area contributed by atoms with E-state index < -0.39 is 52.8 Å². The van der Waals surface area contributed by atoms with Crippen molar-refractivity contribution in [3.05, 3.63) is 42.5 Å². The summed E-state index contributed by atoms with van der Waals surface area (Å²) in [5.41, 5.74) is 0.296. The predicted octanol–water partition coefficient (Wildman–Crippen LogP) is 4.05. The Bertz CT molecular complexity index is 1460. The number of carbonyl (C=O) groups excluding carboxylic acids is 5. The van der Waals surface area contributed by atoms with Crippen molar-refractivity contribution in [3.8, 4) is 0 Å². The molecule has 6 N–H and O–H groups in total. The van der Waals surface area contributed by atoms with Crippen molar-refractivity contribution < 1.29 is 32.7 Å². The Balaban J connectivity index is 1.82. The number of hydrogen-bond acceptors (Lipinski definition) is 7. The molecule has 0 bridgehead atoms. The summed E-state index contributed by atoms with van der Waals surface area (Å²) >= 11 is -2.13. The molecule has 0 radical (unpaired) electrons. The van der Waals surface area contributed by atoms with Crippen LogP contribution in [0.15, 0.2) is 41.8 Å². The van der Waals surface area contributed by atoms with E-state index in [1.54, 1.807) is 29.2 Å². The number of nitrogens with one attached hydrogen (secondary N) is 5. The van der Waals surface area contributed by atoms with Crippen LogP contribution in [0.25, 0.3) is 0 Å². The van der Waals surface area contributed by atoms with E-state index in [9.17, 15) is 32.7 Å². The summed E-state index contributed by atoms with van der Waals surface area (Å²) in [4.78, 5) is 70.1. The molecule has 2 fully saturated rings. The van der Waals surface area contributed by atoms with Gasteiger partial charge in [-0.2, -0.15) is 0 Å². The molecular weight excluding hydrogens is 697 g/mol. The zero-order chi connectivity index (χ0) is 39.3. The number of urea groups is 1. The number of ketones is 1. The maximum Gasteiger partial charge on any atom is 0.315 e. The first-order chi connectivity index (χ1) is 25.1. The molecule has 1 aromatic carbocycles. The molecule has 1 saturated carbocycles. The van der Waals surface area contributed by atoms with Gasteiger partial charge in [0, 0.05) is 32.2 Å². The van der Waals surface area contributed by atoms with Crippen molar-refractivity contribution in [3.63, 3.8) is 0 Å². The second-order valence-electron chi connectivity index (χ2n) is 15.8. The van der Waals surface area contributed by atoms with E-state index in [1.807, 2.05) is 41.5 Å². The predicted molar refractivity (Wildman–Crippen MR) is 206 cm³/mol. The minimum Gasteiger partial charge on any atom is -0.346 e. The average Bonchev–Trinajstić information content (AvgIpc) is 3.58. The van der Waals surface area contributed by atoms with Gasteiger partial charge < -0.3 is 36.0 Å². The molecule has 1 heterocycles. The summed E-state index contributed by atoms with van der Waals surface area (Å²) in [5, 5.41) is 14.7. The molecule has 2 aliphatic rings. The Kier molecular flexibility index (Phi) is 17.1. The first-order valence-corrected chi connectivity index (χ1v) is 20.2. The van der Waals surface area contributed by atoms with Gasteiger partial charge in [-0.1, -0.05) is 91.5 Å². The molecule has 296 valence electrons. The quantitative estimate of drug-likeness (QED) is 0.0736. The topological polar surface area (TPSA) is 186 Å². The zero-order valence-corrected chi connectivity index (χ0v) is 33.2. The highest BCUT2D eigenvalue weighted by molar-refractivity contribution is 7.79. The van der Waals surface area contributed by atoms with Gasteiger partial charge in [-0.15, -0.1) is 6.58 Å². The normalized spacial score (nSPS) is 20.2. The van der Waals surface area contributed by atoms with Gasteiger partial charge in [-0.05, 0) is 60.5 Å². The number of carbonyl (C=O) groups is 5. The van der Waals surface area contributed by atoms with Crippen molar-refractivity contribution in [2.24, 2.45) is 23.2 Å². The number of amides is 5. The lowest BCUT2D eigenvalue weighted by molar-refractivity contribution is -0.144. The smallest absolute Gasteiger partial charge is 0.315 e. The molecule has 14 heteroatoms. The van der Waals surface area contributed by atoms with Crippen LogP contribution < -0.4 is 26.6 Å². The first-order valence-electron chi connectivity index (χ1n) is 19.1. The molecule has 0 aromatic heterocycles. The Morgan fingerprint density at radius 3 is 2.30 bits per heavy atom. The van der Waals surface area contributed by atoms with Gasteiger partial charge in [0.2, 0.25) is 17.6 Å². The molecule has 13 nitrogen and oxygen atoms in total. The molecule has 1 aromatic rings. The maximum atomic E-state index is 14.6. The van der Waals surface area contributed by atoms with Crippen molar-refractivity contribution in [1.82, 2.24) is 31.5 Å². The van der Waals surface area contributed by atoms with E-state index in [0.717, 1.165) is 32.1 Å². The van der Waals surface area contributed by atoms with Crippen LogP contribution in [0, 0.1) is 23.2 Å². The van der Waals surface area contributed by atoms with Crippen LogP contribution in [0.5, 0.6) is 0 Å². The largest absolute Gasteiger partial charge is 0.346 e. The molecule has 1 saturated heterocycles. The van der Waals surface area contributed by atoms with E-state index in [2.05, 4.69) is 33.2 Å². The molecule has 6 atom stereocenters. The van der Waals surface area contributed by atoms with Crippen molar-refractivity contribution >= 4 is 40.6 Å². The van der Waals surface area contributed by atoms with Crippen LogP contribution in [-0.4, -0.2) is 87.0 Å². The number of benzene rings is 1. The zero-order valence-electron chi connectivity index (χ0n) is 32.4. The Hall–Kier alpha value is -3.62. The molecule has 3 rings (SSSR count). The lowest BCUT2D eigenvalue weighted by Crippen LogP contribution is -2.61. The van der Waals surface area contributed by atoms with Gasteiger partial charge in [0.15, 0.2) is 11.1 Å². The summed E-state index contributed by atoms with van der Waals surface area (Å²) in [5.74, 6) is -2.59. The fourth-order valence-electron chi connectivity index (χ4n) is 7.44. The summed E-state index contributed by atoms with van der Waals surface area (Å²) in [7, 11) is 0. The van der Waals surface area contributed by atoms with Crippen LogP contribution in [0.2, 0.25) is 0 Å². The summed E-state index contributed by atoms with van der Waals surface area (Å²) in [6.07, 6.45) is 7.30. The van der Waals surface area contributed by atoms with Gasteiger partial charge >= 0.3 is 6.03 Å². The molecule has 53 heavy (non-hydrogen) atoms. The number of Topliss-reactive ketones (excluding diaryl/α,β-unsaturated/α-hetero) is 1. The van der Waals surface area contributed by atoms with Gasteiger partial charge in [-0.3, -0.25) is 19.2 Å². The van der Waals surface area contributed by atoms with Crippen LogP contribution in [0.1, 0.15) is 98.5 Å². The average molecular weight is 759 g/mol. The second-order valence-corrected chi connectivity index (χ2v) is 16.7. The molecule has 1 aliphatic carbocycles. The Labute approximate surface area is 317 Å². The van der Waals surface area contributed by atoms with E-state index in [-0.39, 0.29) is 48.1 Å². The highest BCUT2D eigenvalue weighted by atomic mass is 32.2. The number of likely N-dealkylation sites (tertiary alicyclic amines) is 1. The van der Waals surface area contributed by atoms with Gasteiger partial charge in [-0.25, -0.2) is 9.00 Å². The number of rotatable bonds is 18. The van der Waals surface area contributed by atoms with Gasteiger partial charge in [0.25, 0.3) is 5.91 Å². The van der Waals surface area contributed by atoms with Crippen LogP contribution in [-0.2, 0) is 36.8 Å². The summed E-state index contributed by atoms with van der Waals surface area (Å²) < 4.78 is 21.5. The first kappa shape index (κ1) is 43.8. The van der Waals surface area contributed by atoms with E-state index >= 15 is 0 Å². The summed E-state index contributed by atoms with van der Waals surface area (Å²) in [6, 6.07) is 3.25. The van der Waals surface area contributed by atoms with Crippen LogP contribution >= 0.6 is 0 Å². The number of nitrogens with zero attached hydrogens (tertiary/aromatic N) is 1. The van der Waals surface area contributed by atoms with Gasteiger partial charge in [0.1, 0.15) is 12.1 Å². The van der Waals surface area contributed by atoms with E-state index in [0.29, 0.717) is 42.9 Å². The second kappa shape index (κ2) is 20.7. The molecule has 0 spiro atoms. The Morgan fingerprint density at radius 2 is 1.70 bits per heavy atom. The summed E-state index contributed by atoms with van der Waals surface area (Å²) in [6.45, 7) is 16.6. The van der Waals surface area contributed by atoms with E-state index in [4.69, 9.17) is 0 Å². The highest BCUT2D eigenvalue weighted by Gasteiger charge is 2.47. The van der Waals surface area contributed by atoms with Crippen molar-refractivity contribution in [2.75, 3.05) is 19.6 Å². The number of hydrogen-bond donors (Lipinski definition) is 6.